The van der Waals surface area contributed by atoms with Crippen LogP contribution in [-0.2, 0) is 60.3 Å². The molecule has 4 heavy (non-hydrogen) atoms. The van der Waals surface area contributed by atoms with Crippen LogP contribution < -0.4 is 0 Å². The van der Waals surface area contributed by atoms with Crippen LogP contribution in [0.15, 0.2) is 0 Å². The van der Waals surface area contributed by atoms with Crippen molar-refractivity contribution in [3.8, 4) is 0 Å². The van der Waals surface area contributed by atoms with Crippen molar-refractivity contribution < 1.29 is 60.3 Å². The first-order valence-electron chi connectivity index (χ1n) is 0. The zero-order chi connectivity index (χ0) is 0. The van der Waals surface area contributed by atoms with Gasteiger partial charge in [-0.05, 0) is 11.0 Å². The minimum atomic E-state index is 0. The molecule has 0 aliphatic rings. The van der Waals surface area contributed by atoms with E-state index in [4.69, 9.17) is 0 Å². The van der Waals surface area contributed by atoms with E-state index in [2.05, 4.69) is 0 Å². The molecular formula is H3CdNi2Si. The van der Waals surface area contributed by atoms with Crippen LogP contribution in [0.5, 0.6) is 0 Å². The summed E-state index contributed by atoms with van der Waals surface area (Å²) in [5, 5.41) is 0. The van der Waals surface area contributed by atoms with E-state index in [-0.39, 0.29) is 71.2 Å². The molecule has 0 amide bonds. The molecule has 0 fully saturated rings. The number of rotatable bonds is 0. The standard InChI is InChI=1S/Cd.2Ni.H3Si/h;;;1H3. The van der Waals surface area contributed by atoms with Crippen LogP contribution in [-0.4, -0.2) is 11.0 Å². The maximum atomic E-state index is 0. The van der Waals surface area contributed by atoms with Crippen LogP contribution >= 0.6 is 0 Å². The van der Waals surface area contributed by atoms with Gasteiger partial charge in [0.15, 0.2) is 0 Å². The van der Waals surface area contributed by atoms with E-state index in [9.17, 15) is 0 Å². The third-order valence-corrected chi connectivity index (χ3v) is 0. The van der Waals surface area contributed by atoms with E-state index in [1.807, 2.05) is 0 Å². The fraction of sp³-hybridized carbons (Fsp3) is 0. The summed E-state index contributed by atoms with van der Waals surface area (Å²) in [5.74, 6) is 0. The third-order valence-electron chi connectivity index (χ3n) is 0. The van der Waals surface area contributed by atoms with E-state index in [0.29, 0.717) is 0 Å². The van der Waals surface area contributed by atoms with Gasteiger partial charge in [0.2, 0.25) is 0 Å². The first-order chi connectivity index (χ1) is 0. The Morgan fingerprint density at radius 3 is 0.750 bits per heavy atom. The van der Waals surface area contributed by atoms with Gasteiger partial charge in [0, 0.05) is 60.3 Å². The Kier molecular flexibility index (Phi) is 172. The predicted molar refractivity (Wildman–Crippen MR) is 9.94 cm³/mol. The molecule has 1 radical (unpaired) electrons. The second-order valence-electron chi connectivity index (χ2n) is 0. The maximum Gasteiger partial charge on any atom is 0 e. The minimum absolute atomic E-state index is 0. The van der Waals surface area contributed by atoms with Crippen molar-refractivity contribution in [2.24, 2.45) is 0 Å². The van der Waals surface area contributed by atoms with E-state index >= 15 is 0 Å². The van der Waals surface area contributed by atoms with Crippen molar-refractivity contribution in [1.82, 2.24) is 0 Å². The molecule has 0 bridgehead atoms. The van der Waals surface area contributed by atoms with Crippen molar-refractivity contribution in [1.29, 1.82) is 0 Å². The van der Waals surface area contributed by atoms with Crippen LogP contribution in [0.4, 0.5) is 0 Å². The number of hydrogen-bond donors (Lipinski definition) is 0. The molecule has 0 saturated carbocycles. The molecule has 0 rings (SSSR count). The molecule has 0 aromatic carbocycles. The molecule has 0 unspecified atom stereocenters. The Morgan fingerprint density at radius 1 is 0.750 bits per heavy atom. The Morgan fingerprint density at radius 2 is 0.750 bits per heavy atom. The Labute approximate surface area is 70.5 Å². The second kappa shape index (κ2) is 19.3. The second-order valence-corrected chi connectivity index (χ2v) is 0. The van der Waals surface area contributed by atoms with Crippen molar-refractivity contribution in [2.75, 3.05) is 0 Å². The molecule has 0 aromatic rings. The molecule has 0 aliphatic carbocycles. The minimum Gasteiger partial charge on any atom is -0.0125 e. The van der Waals surface area contributed by atoms with Gasteiger partial charge in [-0.3, -0.25) is 0 Å². The zero-order valence-electron chi connectivity index (χ0n) is 2.34. The molecule has 0 nitrogen and oxygen atoms in total. The fourth-order valence-electron chi connectivity index (χ4n) is 0. The summed E-state index contributed by atoms with van der Waals surface area (Å²) in [4.78, 5) is 0. The SMILES string of the molecule is [Cd].[Ni].[Ni].[SiH3]. The van der Waals surface area contributed by atoms with E-state index in [1.165, 1.54) is 0 Å². The van der Waals surface area contributed by atoms with E-state index in [0.717, 1.165) is 0 Å². The summed E-state index contributed by atoms with van der Waals surface area (Å²) in [7, 11) is 0. The van der Waals surface area contributed by atoms with Gasteiger partial charge >= 0.3 is 0 Å². The molecule has 0 heterocycles. The first kappa shape index (κ1) is 35.6. The number of hydrogen-bond acceptors (Lipinski definition) is 0. The van der Waals surface area contributed by atoms with Crippen LogP contribution in [0.25, 0.3) is 0 Å². The Bertz CT molecular complexity index is 6.00. The summed E-state index contributed by atoms with van der Waals surface area (Å²) in [5.41, 5.74) is 0. The van der Waals surface area contributed by atoms with Gasteiger partial charge in [-0.25, -0.2) is 0 Å². The largest absolute Gasteiger partial charge is 0.0125 e. The molecule has 0 atom stereocenters. The smallest absolute Gasteiger partial charge is 0 e. The topological polar surface area (TPSA) is 0 Å². The molecular weight excluding hydrogens is 258 g/mol. The summed E-state index contributed by atoms with van der Waals surface area (Å²) in [6, 6.07) is 0. The van der Waals surface area contributed by atoms with Gasteiger partial charge < -0.3 is 0 Å². The predicted octanol–water partition coefficient (Wildman–Crippen LogP) is -1.19. The first-order valence-corrected chi connectivity index (χ1v) is 0. The van der Waals surface area contributed by atoms with Gasteiger partial charge in [0.1, 0.15) is 0 Å². The summed E-state index contributed by atoms with van der Waals surface area (Å²) in [6.07, 6.45) is 0. The quantitative estimate of drug-likeness (QED) is 0.481. The Hall–Kier alpha value is 2.13. The van der Waals surface area contributed by atoms with Crippen LogP contribution in [0.1, 0.15) is 0 Å². The molecule has 0 N–H and O–H groups in total. The third kappa shape index (κ3) is 8.92. The average Bonchev–Trinajstić information content (AvgIpc) is 0. The molecule has 29 valence electrons. The van der Waals surface area contributed by atoms with Crippen LogP contribution in [0.3, 0.4) is 0 Å². The molecule has 0 aromatic heterocycles. The van der Waals surface area contributed by atoms with Gasteiger partial charge in [-0.15, -0.1) is 0 Å². The van der Waals surface area contributed by atoms with Gasteiger partial charge in [-0.2, -0.15) is 0 Å². The van der Waals surface area contributed by atoms with E-state index < -0.39 is 0 Å². The molecule has 4 heteroatoms. The van der Waals surface area contributed by atoms with Crippen LogP contribution in [0, 0.1) is 0 Å². The van der Waals surface area contributed by atoms with E-state index in [1.54, 1.807) is 0 Å². The van der Waals surface area contributed by atoms with Crippen molar-refractivity contribution >= 4 is 11.0 Å². The fourth-order valence-corrected chi connectivity index (χ4v) is 0. The van der Waals surface area contributed by atoms with Crippen molar-refractivity contribution in [3.63, 3.8) is 0 Å². The van der Waals surface area contributed by atoms with Gasteiger partial charge in [0.05, 0.1) is 0 Å². The van der Waals surface area contributed by atoms with Gasteiger partial charge in [-0.1, -0.05) is 0 Å². The molecule has 0 saturated heterocycles. The Balaban J connectivity index is 0. The summed E-state index contributed by atoms with van der Waals surface area (Å²) in [6.45, 7) is 0. The summed E-state index contributed by atoms with van der Waals surface area (Å²) < 4.78 is 0. The summed E-state index contributed by atoms with van der Waals surface area (Å²) >= 11 is 0. The normalized spacial score (nSPS) is 0. The maximum absolute atomic E-state index is 0. The zero-order valence-corrected chi connectivity index (χ0v) is 10.4. The monoisotopic (exact) mass is 261 g/mol. The molecule has 0 spiro atoms. The molecule has 0 aliphatic heterocycles. The van der Waals surface area contributed by atoms with Crippen molar-refractivity contribution in [3.05, 3.63) is 0 Å². The van der Waals surface area contributed by atoms with Crippen molar-refractivity contribution in [2.45, 2.75) is 0 Å². The average molecular weight is 261 g/mol. The van der Waals surface area contributed by atoms with Gasteiger partial charge in [0.25, 0.3) is 0 Å². The van der Waals surface area contributed by atoms with Crippen LogP contribution in [0.2, 0.25) is 0 Å².